The van der Waals surface area contributed by atoms with Crippen LogP contribution in [-0.2, 0) is 40.7 Å². The zero-order valence-electron chi connectivity index (χ0n) is 47.1. The summed E-state index contributed by atoms with van der Waals surface area (Å²) < 4.78 is 95.2. The van der Waals surface area contributed by atoms with Crippen LogP contribution in [0.15, 0.2) is 109 Å². The summed E-state index contributed by atoms with van der Waals surface area (Å²) >= 11 is 0. The average molecular weight is 1350 g/mol. The Bertz CT molecular complexity index is 2960. The summed E-state index contributed by atoms with van der Waals surface area (Å²) in [6, 6.07) is 21.2. The van der Waals surface area contributed by atoms with Crippen molar-refractivity contribution in [1.82, 2.24) is 30.4 Å². The number of ether oxygens (including phenoxy) is 2. The van der Waals surface area contributed by atoms with Crippen LogP contribution in [0, 0.1) is 23.3 Å². The first-order valence-corrected chi connectivity index (χ1v) is 26.5. The topological polar surface area (TPSA) is 397 Å². The molecule has 0 unspecified atom stereocenters. The molecule has 4 aromatic carbocycles. The maximum absolute atomic E-state index is 13.9. The zero-order valence-corrected chi connectivity index (χ0v) is 56.9. The van der Waals surface area contributed by atoms with Crippen molar-refractivity contribution in [2.75, 3.05) is 58.3 Å². The van der Waals surface area contributed by atoms with Gasteiger partial charge in [-0.1, -0.05) is 87.6 Å². The van der Waals surface area contributed by atoms with Gasteiger partial charge in [-0.2, -0.15) is 27.0 Å². The van der Waals surface area contributed by atoms with Gasteiger partial charge in [0.15, 0.2) is 23.3 Å². The van der Waals surface area contributed by atoms with Crippen LogP contribution in [0.25, 0.3) is 21.5 Å². The molecule has 37 heteroatoms. The Morgan fingerprint density at radius 3 is 1.26 bits per heavy atom. The number of pyridine rings is 2. The molecule has 0 saturated carbocycles. The van der Waals surface area contributed by atoms with Crippen LogP contribution in [-0.4, -0.2) is 147 Å². The van der Waals surface area contributed by atoms with Crippen molar-refractivity contribution in [2.45, 2.75) is 65.1 Å². The van der Waals surface area contributed by atoms with Crippen molar-refractivity contribution in [1.29, 1.82) is 0 Å². The number of nitrogens with zero attached hydrogens (tertiary/aromatic N) is 4. The SMILES string of the molecule is C.C.CN(C(=O)NCc1cccc(F)c1F)[C@H](COC(=O)Nc1cc2ccccc2cn1)C[C@@H](O)COP(=O)(O)O.CN(C(=O)NCc1cccc(F)c1F)[C@H](COC(=O)Nc1cc2ccccc2cn1)C[C@@H](O)COP(=O)([O-])[O-].CO.S.S.[Na+].[Na+].[Na+].[OH-]. The Morgan fingerprint density at radius 2 is 0.920 bits per heavy atom. The Hall–Kier alpha value is -3.74. The number of fused-ring (bicyclic) bond motifs is 2. The number of aliphatic hydroxyl groups excluding tert-OH is 3. The fourth-order valence-electron chi connectivity index (χ4n) is 7.02. The van der Waals surface area contributed by atoms with Crippen LogP contribution in [0.3, 0.4) is 0 Å². The second kappa shape index (κ2) is 46.3. The minimum atomic E-state index is -5.37. The minimum absolute atomic E-state index is 0. The Labute approximate surface area is 585 Å². The van der Waals surface area contributed by atoms with Crippen molar-refractivity contribution in [2.24, 2.45) is 0 Å². The first-order chi connectivity index (χ1) is 37.8. The van der Waals surface area contributed by atoms with Crippen LogP contribution >= 0.6 is 42.6 Å². The smallest absolute Gasteiger partial charge is 0.870 e. The van der Waals surface area contributed by atoms with Crippen molar-refractivity contribution >= 4 is 100 Å². The van der Waals surface area contributed by atoms with Crippen LogP contribution in [0.4, 0.5) is 48.4 Å². The molecule has 0 fully saturated rings. The van der Waals surface area contributed by atoms with Gasteiger partial charge < -0.3 is 79.4 Å². The standard InChI is InChI=1S/2C24H27F2N4O8P.CH4O.2CH4.3Na.H2O.2H2S/c2*1-30(23(32)28-12-17-7-4-8-20(25)22(17)26)18(10-19(31)14-38-39(34,35)36)13-37-24(33)29-21-9-15-5-2-3-6-16(15)11-27-21;1-2;;;;;;;;/h2*2-9,11,18-19,31H,10,12-14H2,1H3,(H,28,32)(H,27,29,33)(H2,34,35,36);2H,1H3;2*1H4;;;;3*1H2/q;;;;;3*+1;;;/p-3/t2*18-,19+;;;;;;;;;/m00........./s1. The average Bonchev–Trinajstić information content (AvgIpc) is 3.56. The summed E-state index contributed by atoms with van der Waals surface area (Å²) in [5, 5.41) is 40.4. The van der Waals surface area contributed by atoms with Crippen molar-refractivity contribution in [3.63, 3.8) is 0 Å². The number of amides is 6. The van der Waals surface area contributed by atoms with E-state index in [4.69, 9.17) is 24.4 Å². The van der Waals surface area contributed by atoms with Gasteiger partial charge in [-0.05, 0) is 47.9 Å². The molecule has 4 atom stereocenters. The van der Waals surface area contributed by atoms with Gasteiger partial charge in [-0.3, -0.25) is 15.2 Å². The molecule has 6 rings (SSSR count). The van der Waals surface area contributed by atoms with E-state index >= 15 is 0 Å². The number of rotatable bonds is 22. The molecule has 6 aromatic rings. The molecule has 26 nitrogen and oxygen atoms in total. The van der Waals surface area contributed by atoms with Gasteiger partial charge in [0.25, 0.3) is 0 Å². The molecule has 6 amide bonds. The monoisotopic (exact) mass is 1350 g/mol. The maximum atomic E-state index is 13.9. The first kappa shape index (κ1) is 93.0. The number of hydrogen-bond donors (Lipinski definition) is 9. The molecular weight excluding hydrogens is 1280 g/mol. The van der Waals surface area contributed by atoms with E-state index in [0.717, 1.165) is 50.6 Å². The first-order valence-electron chi connectivity index (χ1n) is 23.5. The van der Waals surface area contributed by atoms with Gasteiger partial charge in [-0.15, -0.1) is 0 Å². The summed E-state index contributed by atoms with van der Waals surface area (Å²) in [7, 11) is -6.67. The molecule has 0 saturated heterocycles. The molecule has 88 heavy (non-hydrogen) atoms. The molecule has 0 aliphatic carbocycles. The Kier molecular flexibility index (Phi) is 49.0. The van der Waals surface area contributed by atoms with Gasteiger partial charge in [0.05, 0.1) is 45.3 Å². The third-order valence-electron chi connectivity index (χ3n) is 11.1. The second-order valence-electron chi connectivity index (χ2n) is 16.9. The number of carbonyl (C=O) groups is 4. The van der Waals surface area contributed by atoms with E-state index in [1.54, 1.807) is 24.5 Å². The van der Waals surface area contributed by atoms with Crippen LogP contribution in [0.2, 0.25) is 0 Å². The number of phosphoric acid groups is 2. The molecular formula is C51H69F4N8Na3O18P2S2. The maximum Gasteiger partial charge on any atom is 1.00 e. The van der Waals surface area contributed by atoms with Gasteiger partial charge in [0.2, 0.25) is 0 Å². The van der Waals surface area contributed by atoms with Crippen molar-refractivity contribution in [3.05, 3.63) is 144 Å². The third-order valence-corrected chi connectivity index (χ3v) is 12.1. The molecule has 0 aliphatic rings. The molecule has 10 N–H and O–H groups in total. The molecule has 0 aliphatic heterocycles. The second-order valence-corrected chi connectivity index (χ2v) is 19.3. The van der Waals surface area contributed by atoms with Crippen molar-refractivity contribution in [3.8, 4) is 0 Å². The van der Waals surface area contributed by atoms with Crippen LogP contribution in [0.1, 0.15) is 38.8 Å². The zero-order chi connectivity index (χ0) is 59.2. The minimum Gasteiger partial charge on any atom is -0.870 e. The molecule has 0 spiro atoms. The third kappa shape index (κ3) is 33.0. The van der Waals surface area contributed by atoms with E-state index in [1.807, 2.05) is 48.5 Å². The summed E-state index contributed by atoms with van der Waals surface area (Å²) in [5.74, 6) is -4.04. The van der Waals surface area contributed by atoms with Crippen LogP contribution in [0.5, 0.6) is 0 Å². The number of urea groups is 2. The normalized spacial score (nSPS) is 11.6. The van der Waals surface area contributed by atoms with Gasteiger partial charge >= 0.3 is 121 Å². The number of aromatic nitrogens is 2. The summed E-state index contributed by atoms with van der Waals surface area (Å²) in [4.78, 5) is 99.7. The number of halogens is 4. The Morgan fingerprint density at radius 1 is 0.580 bits per heavy atom. The number of nitrogens with one attached hydrogen (secondary N) is 4. The Balaban J connectivity index is -0.000000466. The van der Waals surface area contributed by atoms with E-state index in [9.17, 15) is 65.9 Å². The summed E-state index contributed by atoms with van der Waals surface area (Å²) in [5.41, 5.74) is -0.233. The fraction of sp³-hybridized carbons (Fsp3) is 0.333. The van der Waals surface area contributed by atoms with Gasteiger partial charge in [0.1, 0.15) is 24.8 Å². The van der Waals surface area contributed by atoms with E-state index in [2.05, 4.69) is 40.3 Å². The largest absolute Gasteiger partial charge is 1.00 e. The number of benzene rings is 4. The van der Waals surface area contributed by atoms with Gasteiger partial charge in [0, 0.05) is 68.6 Å². The van der Waals surface area contributed by atoms with Crippen molar-refractivity contribution < 1.29 is 193 Å². The predicted octanol–water partition coefficient (Wildman–Crippen LogP) is -3.06. The van der Waals surface area contributed by atoms with E-state index in [-0.39, 0.29) is 185 Å². The quantitative estimate of drug-likeness (QED) is 0.0185. The van der Waals surface area contributed by atoms with E-state index in [0.29, 0.717) is 0 Å². The number of hydrogen-bond acceptors (Lipinski definition) is 18. The number of aliphatic hydroxyl groups is 3. The predicted molar refractivity (Wildman–Crippen MR) is 311 cm³/mol. The molecule has 2 aromatic heterocycles. The molecule has 0 bridgehead atoms. The van der Waals surface area contributed by atoms with E-state index in [1.165, 1.54) is 38.4 Å². The number of carbonyl (C=O) groups excluding carboxylic acids is 4. The number of likely N-dealkylation sites (N-methyl/N-ethyl adjacent to an activating group) is 2. The molecule has 0 radical (unpaired) electrons. The summed E-state index contributed by atoms with van der Waals surface area (Å²) in [6.07, 6.45) is -2.45. The summed E-state index contributed by atoms with van der Waals surface area (Å²) in [6.45, 7) is -3.34. The number of anilines is 2. The number of phosphoric ester groups is 2. The van der Waals surface area contributed by atoms with Gasteiger partial charge in [-0.25, -0.2) is 51.3 Å². The van der Waals surface area contributed by atoms with E-state index < -0.39 is 114 Å². The molecule has 474 valence electrons. The van der Waals surface area contributed by atoms with Crippen LogP contribution < -0.4 is 120 Å². The molecule has 2 heterocycles. The fourth-order valence-corrected chi connectivity index (χ4v) is 7.74.